The van der Waals surface area contributed by atoms with E-state index in [1.165, 1.54) is 19.1 Å². The van der Waals surface area contributed by atoms with E-state index in [-0.39, 0.29) is 16.9 Å². The molecule has 158 valence electrons. The summed E-state index contributed by atoms with van der Waals surface area (Å²) < 4.78 is 10.7. The SMILES string of the molecule is COc1cccc(OC)c1/C(O)=C1\C(=O)C(=O)N(CCN(C)C)C1c1ccccn1. The molecular weight excluding hydrogens is 386 g/mol. The highest BCUT2D eigenvalue weighted by molar-refractivity contribution is 6.46. The average molecular weight is 411 g/mol. The summed E-state index contributed by atoms with van der Waals surface area (Å²) in [5, 5.41) is 11.2. The molecular formula is C22H25N3O5. The molecule has 1 fully saturated rings. The van der Waals surface area contributed by atoms with E-state index < -0.39 is 17.7 Å². The summed E-state index contributed by atoms with van der Waals surface area (Å²) in [6.07, 6.45) is 1.59. The van der Waals surface area contributed by atoms with Gasteiger partial charge in [0.1, 0.15) is 28.9 Å². The van der Waals surface area contributed by atoms with Crippen molar-refractivity contribution in [1.82, 2.24) is 14.8 Å². The monoisotopic (exact) mass is 411 g/mol. The van der Waals surface area contributed by atoms with Gasteiger partial charge in [-0.2, -0.15) is 0 Å². The predicted molar refractivity (Wildman–Crippen MR) is 111 cm³/mol. The lowest BCUT2D eigenvalue weighted by Crippen LogP contribution is -2.35. The molecule has 1 aliphatic heterocycles. The maximum absolute atomic E-state index is 13.0. The highest BCUT2D eigenvalue weighted by Crippen LogP contribution is 2.42. The molecule has 1 atom stereocenters. The molecule has 8 heteroatoms. The van der Waals surface area contributed by atoms with Crippen molar-refractivity contribution in [3.63, 3.8) is 0 Å². The summed E-state index contributed by atoms with van der Waals surface area (Å²) in [7, 11) is 6.67. The summed E-state index contributed by atoms with van der Waals surface area (Å²) in [5.41, 5.74) is 0.667. The molecule has 1 aromatic carbocycles. The van der Waals surface area contributed by atoms with E-state index in [0.717, 1.165) is 0 Å². The Morgan fingerprint density at radius 3 is 2.30 bits per heavy atom. The minimum Gasteiger partial charge on any atom is -0.506 e. The maximum Gasteiger partial charge on any atom is 0.295 e. The Kier molecular flexibility index (Phi) is 6.37. The second kappa shape index (κ2) is 8.96. The molecule has 0 spiro atoms. The Balaban J connectivity index is 2.23. The first-order valence-corrected chi connectivity index (χ1v) is 9.46. The van der Waals surface area contributed by atoms with Crippen molar-refractivity contribution < 1.29 is 24.2 Å². The van der Waals surface area contributed by atoms with Crippen molar-refractivity contribution in [1.29, 1.82) is 0 Å². The fourth-order valence-corrected chi connectivity index (χ4v) is 3.48. The number of nitrogens with zero attached hydrogens (tertiary/aromatic N) is 3. The van der Waals surface area contributed by atoms with Crippen LogP contribution in [0.4, 0.5) is 0 Å². The van der Waals surface area contributed by atoms with E-state index in [4.69, 9.17) is 9.47 Å². The normalized spacial score (nSPS) is 18.2. The van der Waals surface area contributed by atoms with Gasteiger partial charge in [-0.25, -0.2) is 0 Å². The van der Waals surface area contributed by atoms with Gasteiger partial charge in [0.2, 0.25) is 0 Å². The standard InChI is InChI=1S/C22H25N3O5/c1-24(2)12-13-25-19(14-8-5-6-11-23-14)18(21(27)22(25)28)20(26)17-15(29-3)9-7-10-16(17)30-4/h5-11,19,26H,12-13H2,1-4H3/b20-18+. The number of pyridine rings is 1. The van der Waals surface area contributed by atoms with E-state index in [0.29, 0.717) is 30.3 Å². The van der Waals surface area contributed by atoms with Gasteiger partial charge in [-0.05, 0) is 38.4 Å². The lowest BCUT2D eigenvalue weighted by molar-refractivity contribution is -0.140. The van der Waals surface area contributed by atoms with E-state index in [1.807, 2.05) is 19.0 Å². The molecule has 1 saturated heterocycles. The summed E-state index contributed by atoms with van der Waals surface area (Å²) >= 11 is 0. The molecule has 1 N–H and O–H groups in total. The van der Waals surface area contributed by atoms with Crippen LogP contribution >= 0.6 is 0 Å². The van der Waals surface area contributed by atoms with Gasteiger partial charge in [0, 0.05) is 19.3 Å². The molecule has 0 radical (unpaired) electrons. The number of amides is 1. The Morgan fingerprint density at radius 2 is 1.77 bits per heavy atom. The first-order valence-electron chi connectivity index (χ1n) is 9.46. The number of methoxy groups -OCH3 is 2. The fraction of sp³-hybridized carbons (Fsp3) is 0.318. The highest BCUT2D eigenvalue weighted by atomic mass is 16.5. The third-order valence-electron chi connectivity index (χ3n) is 4.96. The molecule has 1 amide bonds. The number of likely N-dealkylation sites (N-methyl/N-ethyl adjacent to an activating group) is 1. The Hall–Kier alpha value is -3.39. The van der Waals surface area contributed by atoms with Crippen LogP contribution in [0.2, 0.25) is 0 Å². The second-order valence-corrected chi connectivity index (χ2v) is 7.09. The maximum atomic E-state index is 13.0. The Labute approximate surface area is 175 Å². The molecule has 1 unspecified atom stereocenters. The van der Waals surface area contributed by atoms with Crippen LogP contribution in [0.15, 0.2) is 48.2 Å². The summed E-state index contributed by atoms with van der Waals surface area (Å²) in [6, 6.07) is 9.44. The van der Waals surface area contributed by atoms with Gasteiger partial charge < -0.3 is 24.4 Å². The number of aliphatic hydroxyl groups is 1. The number of aliphatic hydroxyl groups excluding tert-OH is 1. The zero-order valence-corrected chi connectivity index (χ0v) is 17.5. The van der Waals surface area contributed by atoms with Crippen molar-refractivity contribution in [3.8, 4) is 11.5 Å². The number of carbonyl (C=O) groups excluding carboxylic acids is 2. The van der Waals surface area contributed by atoms with Gasteiger partial charge in [0.25, 0.3) is 11.7 Å². The highest BCUT2D eigenvalue weighted by Gasteiger charge is 2.47. The molecule has 2 aromatic rings. The van der Waals surface area contributed by atoms with E-state index in [1.54, 1.807) is 42.6 Å². The van der Waals surface area contributed by atoms with Crippen LogP contribution in [0.3, 0.4) is 0 Å². The third-order valence-corrected chi connectivity index (χ3v) is 4.96. The number of aromatic nitrogens is 1. The number of likely N-dealkylation sites (tertiary alicyclic amines) is 1. The van der Waals surface area contributed by atoms with Crippen LogP contribution in [-0.2, 0) is 9.59 Å². The molecule has 0 saturated carbocycles. The summed E-state index contributed by atoms with van der Waals surface area (Å²) in [5.74, 6) is -1.15. The van der Waals surface area contributed by atoms with Gasteiger partial charge in [-0.3, -0.25) is 14.6 Å². The molecule has 0 aliphatic carbocycles. The Morgan fingerprint density at radius 1 is 1.10 bits per heavy atom. The van der Waals surface area contributed by atoms with Crippen molar-refractivity contribution in [2.75, 3.05) is 41.4 Å². The molecule has 1 aromatic heterocycles. The van der Waals surface area contributed by atoms with E-state index in [2.05, 4.69) is 4.98 Å². The van der Waals surface area contributed by atoms with Crippen molar-refractivity contribution in [2.24, 2.45) is 0 Å². The number of ether oxygens (including phenoxy) is 2. The van der Waals surface area contributed by atoms with Gasteiger partial charge >= 0.3 is 0 Å². The van der Waals surface area contributed by atoms with Crippen molar-refractivity contribution in [3.05, 3.63) is 59.4 Å². The zero-order chi connectivity index (χ0) is 21.8. The molecule has 30 heavy (non-hydrogen) atoms. The molecule has 0 bridgehead atoms. The van der Waals surface area contributed by atoms with Crippen LogP contribution in [0.25, 0.3) is 5.76 Å². The van der Waals surface area contributed by atoms with Gasteiger partial charge in [0.05, 0.1) is 25.5 Å². The molecule has 8 nitrogen and oxygen atoms in total. The van der Waals surface area contributed by atoms with Gasteiger partial charge in [-0.15, -0.1) is 0 Å². The van der Waals surface area contributed by atoms with Crippen molar-refractivity contribution in [2.45, 2.75) is 6.04 Å². The molecule has 3 rings (SSSR count). The minimum atomic E-state index is -0.819. The van der Waals surface area contributed by atoms with Crippen LogP contribution in [0.5, 0.6) is 11.5 Å². The Bertz CT molecular complexity index is 950. The fourth-order valence-electron chi connectivity index (χ4n) is 3.48. The number of Topliss-reactive ketones (excluding diaryl/α,β-unsaturated/α-hetero) is 1. The number of rotatable bonds is 7. The van der Waals surface area contributed by atoms with Crippen molar-refractivity contribution >= 4 is 17.4 Å². The lowest BCUT2D eigenvalue weighted by Gasteiger charge is -2.26. The predicted octanol–water partition coefficient (Wildman–Crippen LogP) is 2.08. The van der Waals surface area contributed by atoms with Crippen LogP contribution < -0.4 is 9.47 Å². The van der Waals surface area contributed by atoms with Crippen LogP contribution in [-0.4, -0.2) is 73.0 Å². The van der Waals surface area contributed by atoms with Gasteiger partial charge in [0.15, 0.2) is 0 Å². The molecule has 2 heterocycles. The number of hydrogen-bond acceptors (Lipinski definition) is 7. The summed E-state index contributed by atoms with van der Waals surface area (Å²) in [6.45, 7) is 0.854. The van der Waals surface area contributed by atoms with Crippen LogP contribution in [0.1, 0.15) is 17.3 Å². The summed E-state index contributed by atoms with van der Waals surface area (Å²) in [4.78, 5) is 33.6. The number of hydrogen-bond donors (Lipinski definition) is 1. The second-order valence-electron chi connectivity index (χ2n) is 7.09. The topological polar surface area (TPSA) is 92.2 Å². The van der Waals surface area contributed by atoms with Crippen LogP contribution in [0, 0.1) is 0 Å². The molecule has 1 aliphatic rings. The lowest BCUT2D eigenvalue weighted by atomic mass is 9.97. The largest absolute Gasteiger partial charge is 0.506 e. The third kappa shape index (κ3) is 3.86. The smallest absolute Gasteiger partial charge is 0.295 e. The first kappa shape index (κ1) is 21.3. The zero-order valence-electron chi connectivity index (χ0n) is 17.5. The number of benzene rings is 1. The average Bonchev–Trinajstić information content (AvgIpc) is 3.01. The number of ketones is 1. The van der Waals surface area contributed by atoms with E-state index in [9.17, 15) is 14.7 Å². The first-order chi connectivity index (χ1) is 14.4. The number of carbonyl (C=O) groups is 2. The van der Waals surface area contributed by atoms with E-state index >= 15 is 0 Å². The minimum absolute atomic E-state index is 0.0414. The van der Waals surface area contributed by atoms with Gasteiger partial charge in [-0.1, -0.05) is 12.1 Å². The quantitative estimate of drug-likeness (QED) is 0.424.